The van der Waals surface area contributed by atoms with Crippen molar-refractivity contribution in [2.24, 2.45) is 0 Å². The molecule has 1 amide bonds. The van der Waals surface area contributed by atoms with Gasteiger partial charge in [0.1, 0.15) is 5.82 Å². The minimum atomic E-state index is -0.0722. The quantitative estimate of drug-likeness (QED) is 0.847. The predicted octanol–water partition coefficient (Wildman–Crippen LogP) is 2.76. The Morgan fingerprint density at radius 2 is 1.95 bits per heavy atom. The normalized spacial score (nSPS) is 19.3. The Kier molecular flexibility index (Phi) is 3.64. The molecule has 2 aliphatic rings. The van der Waals surface area contributed by atoms with E-state index < -0.39 is 0 Å². The Morgan fingerprint density at radius 1 is 1.25 bits per heavy atom. The van der Waals surface area contributed by atoms with Crippen molar-refractivity contribution in [2.45, 2.75) is 32.1 Å². The lowest BCUT2D eigenvalue weighted by Crippen LogP contribution is -2.48. The molecule has 1 aliphatic carbocycles. The number of anilines is 1. The molecule has 1 saturated carbocycles. The number of amides is 1. The molecule has 0 aromatic heterocycles. The Bertz CT molecular complexity index is 505. The SMILES string of the molecule is CCC(=O)N1CCN(c2ccc(C3CC3)c(F)c2)CC1. The molecule has 0 spiro atoms. The summed E-state index contributed by atoms with van der Waals surface area (Å²) in [5, 5.41) is 0. The first-order chi connectivity index (χ1) is 9.69. The van der Waals surface area contributed by atoms with Gasteiger partial charge in [-0.3, -0.25) is 4.79 Å². The topological polar surface area (TPSA) is 23.6 Å². The van der Waals surface area contributed by atoms with Crippen LogP contribution < -0.4 is 4.90 Å². The van der Waals surface area contributed by atoms with E-state index in [1.807, 2.05) is 24.0 Å². The summed E-state index contributed by atoms with van der Waals surface area (Å²) in [6, 6.07) is 5.62. The molecular formula is C16H21FN2O. The molecule has 0 bridgehead atoms. The van der Waals surface area contributed by atoms with Crippen LogP contribution in [0.1, 0.15) is 37.7 Å². The van der Waals surface area contributed by atoms with Crippen molar-refractivity contribution < 1.29 is 9.18 Å². The summed E-state index contributed by atoms with van der Waals surface area (Å²) < 4.78 is 14.1. The molecule has 1 aromatic rings. The first-order valence-electron chi connectivity index (χ1n) is 7.51. The molecule has 1 heterocycles. The van der Waals surface area contributed by atoms with Crippen LogP contribution in [0.4, 0.5) is 10.1 Å². The van der Waals surface area contributed by atoms with Crippen LogP contribution in [0.5, 0.6) is 0 Å². The molecule has 2 fully saturated rings. The second-order valence-corrected chi connectivity index (χ2v) is 5.70. The van der Waals surface area contributed by atoms with Gasteiger partial charge in [-0.2, -0.15) is 0 Å². The van der Waals surface area contributed by atoms with E-state index in [0.717, 1.165) is 50.3 Å². The first kappa shape index (κ1) is 13.4. The number of halogens is 1. The molecule has 0 unspecified atom stereocenters. The fourth-order valence-electron chi connectivity index (χ4n) is 2.88. The van der Waals surface area contributed by atoms with Gasteiger partial charge < -0.3 is 9.80 Å². The third-order valence-corrected chi connectivity index (χ3v) is 4.30. The molecule has 1 saturated heterocycles. The van der Waals surface area contributed by atoms with Gasteiger partial charge in [0.05, 0.1) is 0 Å². The highest BCUT2D eigenvalue weighted by Crippen LogP contribution is 2.41. The maximum atomic E-state index is 14.1. The van der Waals surface area contributed by atoms with Crippen molar-refractivity contribution in [2.75, 3.05) is 31.1 Å². The molecule has 1 aromatic carbocycles. The van der Waals surface area contributed by atoms with Gasteiger partial charge in [-0.25, -0.2) is 4.39 Å². The van der Waals surface area contributed by atoms with Crippen LogP contribution in [0.3, 0.4) is 0 Å². The van der Waals surface area contributed by atoms with Gasteiger partial charge in [0.25, 0.3) is 0 Å². The van der Waals surface area contributed by atoms with E-state index in [4.69, 9.17) is 0 Å². The maximum Gasteiger partial charge on any atom is 0.222 e. The van der Waals surface area contributed by atoms with E-state index in [0.29, 0.717) is 12.3 Å². The van der Waals surface area contributed by atoms with Crippen molar-refractivity contribution in [1.82, 2.24) is 4.90 Å². The van der Waals surface area contributed by atoms with E-state index in [1.165, 1.54) is 0 Å². The average molecular weight is 276 g/mol. The number of hydrogen-bond acceptors (Lipinski definition) is 2. The second kappa shape index (κ2) is 5.43. The molecule has 0 atom stereocenters. The van der Waals surface area contributed by atoms with Crippen LogP contribution in [-0.2, 0) is 4.79 Å². The highest BCUT2D eigenvalue weighted by molar-refractivity contribution is 5.76. The van der Waals surface area contributed by atoms with Crippen LogP contribution >= 0.6 is 0 Å². The molecule has 0 radical (unpaired) electrons. The molecule has 20 heavy (non-hydrogen) atoms. The number of piperazine rings is 1. The zero-order valence-electron chi connectivity index (χ0n) is 11.9. The van der Waals surface area contributed by atoms with Gasteiger partial charge in [-0.1, -0.05) is 13.0 Å². The highest BCUT2D eigenvalue weighted by Gasteiger charge is 2.27. The Hall–Kier alpha value is -1.58. The van der Waals surface area contributed by atoms with Crippen molar-refractivity contribution in [1.29, 1.82) is 0 Å². The summed E-state index contributed by atoms with van der Waals surface area (Å²) in [6.45, 7) is 4.93. The standard InChI is InChI=1S/C16H21FN2O/c1-2-16(20)19-9-7-18(8-10-19)13-5-6-14(12-3-4-12)15(17)11-13/h5-6,11-12H,2-4,7-10H2,1H3. The largest absolute Gasteiger partial charge is 0.368 e. The number of rotatable bonds is 3. The number of carbonyl (C=O) groups is 1. The fourth-order valence-corrected chi connectivity index (χ4v) is 2.88. The summed E-state index contributed by atoms with van der Waals surface area (Å²) >= 11 is 0. The third-order valence-electron chi connectivity index (χ3n) is 4.30. The Labute approximate surface area is 119 Å². The van der Waals surface area contributed by atoms with E-state index in [1.54, 1.807) is 6.07 Å². The van der Waals surface area contributed by atoms with Crippen molar-refractivity contribution in [3.63, 3.8) is 0 Å². The minimum Gasteiger partial charge on any atom is -0.368 e. The summed E-state index contributed by atoms with van der Waals surface area (Å²) in [4.78, 5) is 15.7. The van der Waals surface area contributed by atoms with Crippen LogP contribution in [0.2, 0.25) is 0 Å². The van der Waals surface area contributed by atoms with Crippen LogP contribution in [-0.4, -0.2) is 37.0 Å². The van der Waals surface area contributed by atoms with E-state index in [2.05, 4.69) is 4.90 Å². The lowest BCUT2D eigenvalue weighted by molar-refractivity contribution is -0.131. The molecule has 108 valence electrons. The molecule has 3 nitrogen and oxygen atoms in total. The maximum absolute atomic E-state index is 14.1. The van der Waals surface area contributed by atoms with Gasteiger partial charge >= 0.3 is 0 Å². The summed E-state index contributed by atoms with van der Waals surface area (Å²) in [5.74, 6) is 0.583. The second-order valence-electron chi connectivity index (χ2n) is 5.70. The summed E-state index contributed by atoms with van der Waals surface area (Å²) in [7, 11) is 0. The highest BCUT2D eigenvalue weighted by atomic mass is 19.1. The number of benzene rings is 1. The van der Waals surface area contributed by atoms with Gasteiger partial charge in [0.15, 0.2) is 0 Å². The Balaban J connectivity index is 1.66. The third kappa shape index (κ3) is 2.65. The predicted molar refractivity (Wildman–Crippen MR) is 77.5 cm³/mol. The van der Waals surface area contributed by atoms with Gasteiger partial charge in [0, 0.05) is 38.3 Å². The van der Waals surface area contributed by atoms with Crippen LogP contribution in [0.25, 0.3) is 0 Å². The summed E-state index contributed by atoms with van der Waals surface area (Å²) in [6.07, 6.45) is 2.80. The Morgan fingerprint density at radius 3 is 2.50 bits per heavy atom. The molecule has 4 heteroatoms. The van der Waals surface area contributed by atoms with Gasteiger partial charge in [-0.15, -0.1) is 0 Å². The van der Waals surface area contributed by atoms with E-state index in [9.17, 15) is 9.18 Å². The first-order valence-corrected chi connectivity index (χ1v) is 7.51. The van der Waals surface area contributed by atoms with Crippen molar-refractivity contribution in [3.05, 3.63) is 29.6 Å². The van der Waals surface area contributed by atoms with E-state index >= 15 is 0 Å². The summed E-state index contributed by atoms with van der Waals surface area (Å²) in [5.41, 5.74) is 1.81. The zero-order valence-corrected chi connectivity index (χ0v) is 11.9. The smallest absolute Gasteiger partial charge is 0.222 e. The van der Waals surface area contributed by atoms with Gasteiger partial charge in [0.2, 0.25) is 5.91 Å². The minimum absolute atomic E-state index is 0.0722. The van der Waals surface area contributed by atoms with Crippen LogP contribution in [0, 0.1) is 5.82 Å². The van der Waals surface area contributed by atoms with E-state index in [-0.39, 0.29) is 11.7 Å². The molecule has 3 rings (SSSR count). The van der Waals surface area contributed by atoms with Crippen molar-refractivity contribution in [3.8, 4) is 0 Å². The number of hydrogen-bond donors (Lipinski definition) is 0. The average Bonchev–Trinajstić information content (AvgIpc) is 3.31. The number of nitrogens with zero attached hydrogens (tertiary/aromatic N) is 2. The molecule has 1 aliphatic heterocycles. The molecule has 0 N–H and O–H groups in total. The van der Waals surface area contributed by atoms with Gasteiger partial charge in [-0.05, 0) is 36.5 Å². The lowest BCUT2D eigenvalue weighted by Gasteiger charge is -2.36. The molecular weight excluding hydrogens is 255 g/mol. The fraction of sp³-hybridized carbons (Fsp3) is 0.562. The lowest BCUT2D eigenvalue weighted by atomic mass is 10.1. The zero-order chi connectivity index (χ0) is 14.1. The monoisotopic (exact) mass is 276 g/mol. The van der Waals surface area contributed by atoms with Crippen LogP contribution in [0.15, 0.2) is 18.2 Å². The number of carbonyl (C=O) groups excluding carboxylic acids is 1. The van der Waals surface area contributed by atoms with Crippen molar-refractivity contribution >= 4 is 11.6 Å².